The van der Waals surface area contributed by atoms with Crippen molar-refractivity contribution in [1.29, 1.82) is 0 Å². The first kappa shape index (κ1) is 10.3. The van der Waals surface area contributed by atoms with Gasteiger partial charge in [-0.3, -0.25) is 0 Å². The second-order valence-corrected chi connectivity index (χ2v) is 6.18. The fraction of sp³-hybridized carbons (Fsp3) is 0.111. The number of hydrogen-bond acceptors (Lipinski definition) is 2. The normalized spacial score (nSPS) is 11.1. The van der Waals surface area contributed by atoms with Gasteiger partial charge < -0.3 is 0 Å². The van der Waals surface area contributed by atoms with Gasteiger partial charge in [0.15, 0.2) is 0 Å². The number of halogens is 3. The molecule has 0 bridgehead atoms. The monoisotopic (exact) mass is 294 g/mol. The van der Waals surface area contributed by atoms with Crippen molar-refractivity contribution < 1.29 is 8.78 Å². The first-order valence-electron chi connectivity index (χ1n) is 3.80. The lowest BCUT2D eigenvalue weighted by Gasteiger charge is -1.90. The first-order valence-corrected chi connectivity index (χ1v) is 6.23. The zero-order valence-corrected chi connectivity index (χ0v) is 10.1. The molecule has 0 fully saturated rings. The molecule has 5 heteroatoms. The van der Waals surface area contributed by atoms with Crippen LogP contribution >= 0.6 is 38.6 Å². The van der Waals surface area contributed by atoms with Gasteiger partial charge in [0.25, 0.3) is 6.43 Å². The van der Waals surface area contributed by atoms with Crippen LogP contribution in [0.3, 0.4) is 0 Å². The van der Waals surface area contributed by atoms with E-state index in [4.69, 9.17) is 0 Å². The van der Waals surface area contributed by atoms with Crippen LogP contribution in [-0.2, 0) is 0 Å². The molecule has 0 spiro atoms. The molecule has 2 heterocycles. The van der Waals surface area contributed by atoms with Crippen molar-refractivity contribution in [2.24, 2.45) is 0 Å². The lowest BCUT2D eigenvalue weighted by molar-refractivity contribution is 0.155. The predicted molar refractivity (Wildman–Crippen MR) is 60.3 cm³/mol. The SMILES string of the molecule is FC(F)c1ccc(-c2ccc(Br)s2)s1. The molecule has 0 saturated carbocycles. The fourth-order valence-corrected chi connectivity index (χ4v) is 3.39. The lowest BCUT2D eigenvalue weighted by atomic mass is 10.4. The molecule has 0 saturated heterocycles. The Bertz CT molecular complexity index is 433. The maximum Gasteiger partial charge on any atom is 0.272 e. The molecule has 0 aliphatic rings. The average molecular weight is 295 g/mol. The van der Waals surface area contributed by atoms with Crippen LogP contribution in [0.15, 0.2) is 28.1 Å². The highest BCUT2D eigenvalue weighted by Crippen LogP contribution is 2.38. The second kappa shape index (κ2) is 4.08. The summed E-state index contributed by atoms with van der Waals surface area (Å²) in [7, 11) is 0. The molecular weight excluding hydrogens is 290 g/mol. The maximum absolute atomic E-state index is 12.3. The van der Waals surface area contributed by atoms with Gasteiger partial charge in [-0.05, 0) is 40.2 Å². The summed E-state index contributed by atoms with van der Waals surface area (Å²) in [5.41, 5.74) is 0. The molecule has 0 aromatic carbocycles. The standard InChI is InChI=1S/C9H5BrF2S2/c10-8-4-3-6(14-8)5-1-2-7(13-5)9(11)12/h1-4,9H. The van der Waals surface area contributed by atoms with Crippen LogP contribution in [0.25, 0.3) is 9.75 Å². The molecule has 0 amide bonds. The van der Waals surface area contributed by atoms with Gasteiger partial charge in [-0.2, -0.15) is 0 Å². The molecule has 74 valence electrons. The third-order valence-electron chi connectivity index (χ3n) is 1.66. The van der Waals surface area contributed by atoms with Gasteiger partial charge in [0.2, 0.25) is 0 Å². The zero-order valence-electron chi connectivity index (χ0n) is 6.84. The molecule has 0 atom stereocenters. The fourth-order valence-electron chi connectivity index (χ4n) is 1.05. The van der Waals surface area contributed by atoms with Crippen LogP contribution in [0.2, 0.25) is 0 Å². The third kappa shape index (κ3) is 2.04. The van der Waals surface area contributed by atoms with E-state index in [2.05, 4.69) is 15.9 Å². The number of alkyl halides is 2. The van der Waals surface area contributed by atoms with Crippen molar-refractivity contribution in [2.45, 2.75) is 6.43 Å². The number of thiophene rings is 2. The molecule has 0 aliphatic heterocycles. The summed E-state index contributed by atoms with van der Waals surface area (Å²) in [6.07, 6.45) is -2.36. The molecular formula is C9H5BrF2S2. The lowest BCUT2D eigenvalue weighted by Crippen LogP contribution is -1.72. The molecule has 0 unspecified atom stereocenters. The Kier molecular flexibility index (Phi) is 2.99. The van der Waals surface area contributed by atoms with E-state index in [1.807, 2.05) is 12.1 Å². The van der Waals surface area contributed by atoms with Crippen molar-refractivity contribution in [3.8, 4) is 9.75 Å². The van der Waals surface area contributed by atoms with Gasteiger partial charge in [0.05, 0.1) is 8.66 Å². The van der Waals surface area contributed by atoms with E-state index >= 15 is 0 Å². The summed E-state index contributed by atoms with van der Waals surface area (Å²) in [6.45, 7) is 0. The topological polar surface area (TPSA) is 0 Å². The van der Waals surface area contributed by atoms with Gasteiger partial charge in [-0.15, -0.1) is 22.7 Å². The number of rotatable bonds is 2. The zero-order chi connectivity index (χ0) is 10.1. The predicted octanol–water partition coefficient (Wildman–Crippen LogP) is 5.18. The van der Waals surface area contributed by atoms with E-state index in [1.54, 1.807) is 17.4 Å². The smallest absolute Gasteiger partial charge is 0.204 e. The first-order chi connectivity index (χ1) is 6.66. The van der Waals surface area contributed by atoms with Crippen molar-refractivity contribution in [3.63, 3.8) is 0 Å². The summed E-state index contributed by atoms with van der Waals surface area (Å²) in [6, 6.07) is 7.07. The summed E-state index contributed by atoms with van der Waals surface area (Å²) >= 11 is 6.04. The highest BCUT2D eigenvalue weighted by atomic mass is 79.9. The molecule has 0 radical (unpaired) electrons. The quantitative estimate of drug-likeness (QED) is 0.716. The Morgan fingerprint density at radius 2 is 1.64 bits per heavy atom. The summed E-state index contributed by atoms with van der Waals surface area (Å²) in [4.78, 5) is 2.05. The minimum atomic E-state index is -2.36. The molecule has 0 aliphatic carbocycles. The van der Waals surface area contributed by atoms with Crippen molar-refractivity contribution >= 4 is 38.6 Å². The van der Waals surface area contributed by atoms with Crippen LogP contribution in [-0.4, -0.2) is 0 Å². The summed E-state index contributed by atoms with van der Waals surface area (Å²) in [5.74, 6) is 0. The molecule has 2 aromatic rings. The van der Waals surface area contributed by atoms with Gasteiger partial charge in [0, 0.05) is 9.75 Å². The number of hydrogen-bond donors (Lipinski definition) is 0. The van der Waals surface area contributed by atoms with Gasteiger partial charge in [0.1, 0.15) is 0 Å². The second-order valence-electron chi connectivity index (χ2n) is 2.61. The molecule has 2 aromatic heterocycles. The van der Waals surface area contributed by atoms with Crippen LogP contribution in [0.1, 0.15) is 11.3 Å². The average Bonchev–Trinajstić information content (AvgIpc) is 2.70. The minimum Gasteiger partial charge on any atom is -0.204 e. The highest BCUT2D eigenvalue weighted by molar-refractivity contribution is 9.11. The van der Waals surface area contributed by atoms with Gasteiger partial charge in [-0.1, -0.05) is 0 Å². The Morgan fingerprint density at radius 1 is 1.00 bits per heavy atom. The summed E-state index contributed by atoms with van der Waals surface area (Å²) < 4.78 is 25.6. The van der Waals surface area contributed by atoms with Crippen molar-refractivity contribution in [2.75, 3.05) is 0 Å². The van der Waals surface area contributed by atoms with E-state index in [-0.39, 0.29) is 4.88 Å². The van der Waals surface area contributed by atoms with Crippen molar-refractivity contribution in [1.82, 2.24) is 0 Å². The Morgan fingerprint density at radius 3 is 2.14 bits per heavy atom. The Labute approximate surface area is 96.3 Å². The van der Waals surface area contributed by atoms with E-state index < -0.39 is 6.43 Å². The van der Waals surface area contributed by atoms with Crippen LogP contribution < -0.4 is 0 Å². The summed E-state index contributed by atoms with van der Waals surface area (Å²) in [5, 5.41) is 0. The van der Waals surface area contributed by atoms with E-state index in [0.717, 1.165) is 24.9 Å². The maximum atomic E-state index is 12.3. The molecule has 0 N–H and O–H groups in total. The third-order valence-corrected chi connectivity index (χ3v) is 4.57. The Hall–Kier alpha value is -0.260. The molecule has 2 rings (SSSR count). The van der Waals surface area contributed by atoms with E-state index in [9.17, 15) is 8.78 Å². The van der Waals surface area contributed by atoms with Crippen LogP contribution in [0.4, 0.5) is 8.78 Å². The molecule has 0 nitrogen and oxygen atoms in total. The minimum absolute atomic E-state index is 0.129. The van der Waals surface area contributed by atoms with Crippen molar-refractivity contribution in [3.05, 3.63) is 32.9 Å². The van der Waals surface area contributed by atoms with Gasteiger partial charge >= 0.3 is 0 Å². The van der Waals surface area contributed by atoms with E-state index in [1.165, 1.54) is 6.07 Å². The highest BCUT2D eigenvalue weighted by Gasteiger charge is 2.11. The Balaban J connectivity index is 2.33. The van der Waals surface area contributed by atoms with E-state index in [0.29, 0.717) is 0 Å². The largest absolute Gasteiger partial charge is 0.272 e. The van der Waals surface area contributed by atoms with Gasteiger partial charge in [-0.25, -0.2) is 8.78 Å². The van der Waals surface area contributed by atoms with Crippen LogP contribution in [0, 0.1) is 0 Å². The van der Waals surface area contributed by atoms with Crippen LogP contribution in [0.5, 0.6) is 0 Å². The molecule has 14 heavy (non-hydrogen) atoms.